The van der Waals surface area contributed by atoms with Crippen LogP contribution in [0.5, 0.6) is 0 Å². The first-order valence-corrected chi connectivity index (χ1v) is 11.7. The Labute approximate surface area is 195 Å². The molecule has 2 fully saturated rings. The number of rotatable bonds is 5. The van der Waals surface area contributed by atoms with Gasteiger partial charge in [-0.15, -0.1) is 0 Å². The van der Waals surface area contributed by atoms with Gasteiger partial charge >= 0.3 is 6.03 Å². The highest BCUT2D eigenvalue weighted by Gasteiger charge is 2.55. The molecule has 0 bridgehead atoms. The molecule has 0 spiro atoms. The Kier molecular flexibility index (Phi) is 5.97. The van der Waals surface area contributed by atoms with Crippen molar-refractivity contribution in [2.75, 3.05) is 13.1 Å². The lowest BCUT2D eigenvalue weighted by Gasteiger charge is -2.30. The summed E-state index contributed by atoms with van der Waals surface area (Å²) in [5.41, 5.74) is 1.68. The largest absolute Gasteiger partial charge is 0.325 e. The van der Waals surface area contributed by atoms with Gasteiger partial charge in [0.1, 0.15) is 0 Å². The molecule has 1 N–H and O–H groups in total. The third kappa shape index (κ3) is 4.05. The van der Waals surface area contributed by atoms with Gasteiger partial charge in [0.2, 0.25) is 0 Å². The first-order valence-electron chi connectivity index (χ1n) is 11.7. The van der Waals surface area contributed by atoms with E-state index in [1.165, 1.54) is 10.5 Å². The summed E-state index contributed by atoms with van der Waals surface area (Å²) in [6.45, 7) is 2.73. The van der Waals surface area contributed by atoms with Crippen molar-refractivity contribution in [3.8, 4) is 0 Å². The van der Waals surface area contributed by atoms with Gasteiger partial charge < -0.3 is 5.32 Å². The number of hydrogen-bond donors (Lipinski definition) is 1. The van der Waals surface area contributed by atoms with E-state index >= 15 is 0 Å². The zero-order valence-corrected chi connectivity index (χ0v) is 18.7. The molecule has 1 atom stereocenters. The minimum Gasteiger partial charge on any atom is -0.315 e. The second-order valence-corrected chi connectivity index (χ2v) is 8.93. The van der Waals surface area contributed by atoms with E-state index in [1.807, 2.05) is 66.7 Å². The number of urea groups is 1. The standard InChI is InChI=1S/C28H29N3O2/c32-26-28(23-13-6-2-7-14-23,24-15-8-3-9-16-24)29-27(33)31(26)25-17-10-19-30(20-18-25)21-22-11-4-1-5-12-22/h1-9,11-16,25H,10,17-21H2,(H,29,33). The van der Waals surface area contributed by atoms with Crippen LogP contribution in [0, 0.1) is 0 Å². The molecule has 0 aromatic heterocycles. The van der Waals surface area contributed by atoms with Crippen molar-refractivity contribution in [1.29, 1.82) is 0 Å². The topological polar surface area (TPSA) is 52.7 Å². The summed E-state index contributed by atoms with van der Waals surface area (Å²) in [6, 6.07) is 29.2. The minimum atomic E-state index is -1.18. The Hall–Kier alpha value is -3.44. The second-order valence-electron chi connectivity index (χ2n) is 8.93. The molecule has 168 valence electrons. The van der Waals surface area contributed by atoms with Crippen LogP contribution in [-0.2, 0) is 16.9 Å². The van der Waals surface area contributed by atoms with Crippen molar-refractivity contribution in [2.45, 2.75) is 37.4 Å². The molecule has 3 aromatic carbocycles. The van der Waals surface area contributed by atoms with Crippen molar-refractivity contribution in [1.82, 2.24) is 15.1 Å². The van der Waals surface area contributed by atoms with Crippen molar-refractivity contribution >= 4 is 11.9 Å². The van der Waals surface area contributed by atoms with E-state index in [9.17, 15) is 9.59 Å². The quantitative estimate of drug-likeness (QED) is 0.594. The van der Waals surface area contributed by atoms with Crippen LogP contribution in [0.3, 0.4) is 0 Å². The van der Waals surface area contributed by atoms with E-state index in [-0.39, 0.29) is 18.0 Å². The van der Waals surface area contributed by atoms with E-state index in [2.05, 4.69) is 34.5 Å². The fraction of sp³-hybridized carbons (Fsp3) is 0.286. The van der Waals surface area contributed by atoms with E-state index in [0.29, 0.717) is 0 Å². The smallest absolute Gasteiger partial charge is 0.315 e. The number of likely N-dealkylation sites (tertiary alicyclic amines) is 1. The van der Waals surface area contributed by atoms with Crippen LogP contribution in [0.4, 0.5) is 4.79 Å². The lowest BCUT2D eigenvalue weighted by Crippen LogP contribution is -2.46. The molecule has 5 rings (SSSR count). The predicted octanol–water partition coefficient (Wildman–Crippen LogP) is 4.54. The number of carbonyl (C=O) groups is 2. The maximum absolute atomic E-state index is 14.1. The number of benzene rings is 3. The highest BCUT2D eigenvalue weighted by atomic mass is 16.2. The molecular formula is C28H29N3O2. The molecule has 2 saturated heterocycles. The summed E-state index contributed by atoms with van der Waals surface area (Å²) in [5, 5.41) is 3.09. The fourth-order valence-electron chi connectivity index (χ4n) is 5.21. The van der Waals surface area contributed by atoms with E-state index in [0.717, 1.165) is 50.0 Å². The van der Waals surface area contributed by atoms with Crippen molar-refractivity contribution < 1.29 is 9.59 Å². The van der Waals surface area contributed by atoms with Crippen molar-refractivity contribution in [3.63, 3.8) is 0 Å². The number of carbonyl (C=O) groups excluding carboxylic acids is 2. The summed E-state index contributed by atoms with van der Waals surface area (Å²) < 4.78 is 0. The number of nitrogens with one attached hydrogen (secondary N) is 1. The zero-order valence-electron chi connectivity index (χ0n) is 18.7. The number of hydrogen-bond acceptors (Lipinski definition) is 3. The van der Waals surface area contributed by atoms with Crippen LogP contribution in [0.25, 0.3) is 0 Å². The first kappa shape index (κ1) is 21.4. The Balaban J connectivity index is 1.40. The van der Waals surface area contributed by atoms with Crippen molar-refractivity contribution in [3.05, 3.63) is 108 Å². The van der Waals surface area contributed by atoms with Crippen molar-refractivity contribution in [2.24, 2.45) is 0 Å². The van der Waals surface area contributed by atoms with Gasteiger partial charge in [-0.3, -0.25) is 14.6 Å². The Morgan fingerprint density at radius 3 is 1.94 bits per heavy atom. The van der Waals surface area contributed by atoms with Crippen LogP contribution in [-0.4, -0.2) is 40.9 Å². The number of nitrogens with zero attached hydrogens (tertiary/aromatic N) is 2. The monoisotopic (exact) mass is 439 g/mol. The zero-order chi connectivity index (χ0) is 22.7. The summed E-state index contributed by atoms with van der Waals surface area (Å²) in [7, 11) is 0. The van der Waals surface area contributed by atoms with Gasteiger partial charge in [0.15, 0.2) is 5.54 Å². The highest BCUT2D eigenvalue weighted by Crippen LogP contribution is 2.38. The third-order valence-electron chi connectivity index (χ3n) is 6.87. The van der Waals surface area contributed by atoms with Gasteiger partial charge in [0.25, 0.3) is 5.91 Å². The van der Waals surface area contributed by atoms with Gasteiger partial charge in [0.05, 0.1) is 0 Å². The van der Waals surface area contributed by atoms with Gasteiger partial charge in [-0.25, -0.2) is 4.79 Å². The fourth-order valence-corrected chi connectivity index (χ4v) is 5.21. The lowest BCUT2D eigenvalue weighted by molar-refractivity contribution is -0.132. The molecule has 3 amide bonds. The molecule has 33 heavy (non-hydrogen) atoms. The molecule has 0 saturated carbocycles. The Bertz CT molecular complexity index is 1060. The Morgan fingerprint density at radius 1 is 0.758 bits per heavy atom. The molecule has 2 aliphatic rings. The van der Waals surface area contributed by atoms with E-state index in [4.69, 9.17) is 0 Å². The molecule has 0 radical (unpaired) electrons. The lowest BCUT2D eigenvalue weighted by atomic mass is 9.82. The maximum Gasteiger partial charge on any atom is 0.325 e. The summed E-state index contributed by atoms with van der Waals surface area (Å²) >= 11 is 0. The second kappa shape index (κ2) is 9.20. The molecule has 1 unspecified atom stereocenters. The van der Waals surface area contributed by atoms with E-state index < -0.39 is 5.54 Å². The number of amides is 3. The molecule has 2 heterocycles. The van der Waals surface area contributed by atoms with Crippen LogP contribution in [0.2, 0.25) is 0 Å². The van der Waals surface area contributed by atoms with Gasteiger partial charge in [-0.2, -0.15) is 0 Å². The SMILES string of the molecule is O=C1NC(c2ccccc2)(c2ccccc2)C(=O)N1C1CCCN(Cc2ccccc2)CC1. The molecule has 3 aromatic rings. The van der Waals surface area contributed by atoms with Crippen LogP contribution < -0.4 is 5.32 Å². The van der Waals surface area contributed by atoms with E-state index in [1.54, 1.807) is 0 Å². The first-order chi connectivity index (χ1) is 16.2. The molecule has 0 aliphatic carbocycles. The third-order valence-corrected chi connectivity index (χ3v) is 6.87. The van der Waals surface area contributed by atoms with Crippen LogP contribution >= 0.6 is 0 Å². The van der Waals surface area contributed by atoms with Crippen LogP contribution in [0.15, 0.2) is 91.0 Å². The number of imide groups is 1. The summed E-state index contributed by atoms with van der Waals surface area (Å²) in [6.07, 6.45) is 2.56. The maximum atomic E-state index is 14.1. The Morgan fingerprint density at radius 2 is 1.33 bits per heavy atom. The van der Waals surface area contributed by atoms with Gasteiger partial charge in [-0.05, 0) is 42.5 Å². The van der Waals surface area contributed by atoms with Gasteiger partial charge in [0, 0.05) is 19.1 Å². The van der Waals surface area contributed by atoms with Gasteiger partial charge in [-0.1, -0.05) is 91.0 Å². The average Bonchev–Trinajstić information content (AvgIpc) is 2.98. The average molecular weight is 440 g/mol. The predicted molar refractivity (Wildman–Crippen MR) is 128 cm³/mol. The summed E-state index contributed by atoms with van der Waals surface area (Å²) in [4.78, 5) is 31.3. The molecule has 5 heteroatoms. The summed E-state index contributed by atoms with van der Waals surface area (Å²) in [5.74, 6) is -0.175. The molecule has 5 nitrogen and oxygen atoms in total. The van der Waals surface area contributed by atoms with Crippen LogP contribution in [0.1, 0.15) is 36.0 Å². The normalized spacial score (nSPS) is 21.0. The molecule has 2 aliphatic heterocycles. The highest BCUT2D eigenvalue weighted by molar-refractivity contribution is 6.09. The minimum absolute atomic E-state index is 0.104. The molecular weight excluding hydrogens is 410 g/mol.